The van der Waals surface area contributed by atoms with Gasteiger partial charge in [-0.1, -0.05) is 13.0 Å². The summed E-state index contributed by atoms with van der Waals surface area (Å²) in [4.78, 5) is 4.10. The predicted molar refractivity (Wildman–Crippen MR) is 64.0 cm³/mol. The monoisotopic (exact) mass is 249 g/mol. The molecule has 0 saturated carbocycles. The number of halogens is 2. The van der Waals surface area contributed by atoms with Crippen molar-refractivity contribution in [1.82, 2.24) is 4.98 Å². The van der Waals surface area contributed by atoms with Gasteiger partial charge in [-0.15, -0.1) is 0 Å². The number of benzene rings is 1. The lowest BCUT2D eigenvalue weighted by Gasteiger charge is -2.19. The van der Waals surface area contributed by atoms with E-state index in [0.717, 1.165) is 18.2 Å². The standard InChI is InChI=1S/C14H13F2NO/c1-9(13-4-2-3-7-17-13)14(18)11-8-10(15)5-6-12(11)16/h2-9,14,18H,1H3. The predicted octanol–water partition coefficient (Wildman–Crippen LogP) is 3.20. The van der Waals surface area contributed by atoms with E-state index in [1.807, 2.05) is 0 Å². The Balaban J connectivity index is 2.31. The Morgan fingerprint density at radius 2 is 1.94 bits per heavy atom. The number of hydrogen-bond donors (Lipinski definition) is 1. The summed E-state index contributed by atoms with van der Waals surface area (Å²) in [7, 11) is 0. The van der Waals surface area contributed by atoms with Gasteiger partial charge in [0.25, 0.3) is 0 Å². The van der Waals surface area contributed by atoms with Crippen LogP contribution in [-0.4, -0.2) is 10.1 Å². The van der Waals surface area contributed by atoms with E-state index in [4.69, 9.17) is 0 Å². The topological polar surface area (TPSA) is 33.1 Å². The third kappa shape index (κ3) is 2.54. The zero-order chi connectivity index (χ0) is 13.1. The Morgan fingerprint density at radius 3 is 2.61 bits per heavy atom. The van der Waals surface area contributed by atoms with Crippen molar-refractivity contribution in [2.75, 3.05) is 0 Å². The van der Waals surface area contributed by atoms with E-state index in [9.17, 15) is 13.9 Å². The first kappa shape index (κ1) is 12.6. The average Bonchev–Trinajstić information content (AvgIpc) is 2.41. The van der Waals surface area contributed by atoms with Crippen LogP contribution in [0.3, 0.4) is 0 Å². The van der Waals surface area contributed by atoms with Crippen molar-refractivity contribution in [2.45, 2.75) is 18.9 Å². The molecule has 4 heteroatoms. The minimum atomic E-state index is -1.13. The molecule has 0 aliphatic rings. The maximum Gasteiger partial charge on any atom is 0.129 e. The molecule has 1 aromatic carbocycles. The highest BCUT2D eigenvalue weighted by Gasteiger charge is 2.22. The van der Waals surface area contributed by atoms with Crippen molar-refractivity contribution >= 4 is 0 Å². The van der Waals surface area contributed by atoms with Crippen molar-refractivity contribution in [3.05, 3.63) is 65.5 Å². The summed E-state index contributed by atoms with van der Waals surface area (Å²) in [6.45, 7) is 1.72. The molecular formula is C14H13F2NO. The van der Waals surface area contributed by atoms with Crippen molar-refractivity contribution in [3.8, 4) is 0 Å². The van der Waals surface area contributed by atoms with Gasteiger partial charge in [0.1, 0.15) is 11.6 Å². The first-order valence-corrected chi connectivity index (χ1v) is 5.63. The highest BCUT2D eigenvalue weighted by atomic mass is 19.1. The van der Waals surface area contributed by atoms with Gasteiger partial charge in [0.2, 0.25) is 0 Å². The summed E-state index contributed by atoms with van der Waals surface area (Å²) in [5.74, 6) is -1.60. The van der Waals surface area contributed by atoms with Gasteiger partial charge in [-0.2, -0.15) is 0 Å². The largest absolute Gasteiger partial charge is 0.388 e. The van der Waals surface area contributed by atoms with Gasteiger partial charge in [-0.25, -0.2) is 8.78 Å². The maximum absolute atomic E-state index is 13.5. The molecule has 0 radical (unpaired) electrons. The Bertz CT molecular complexity index is 531. The lowest BCUT2D eigenvalue weighted by atomic mass is 9.94. The second-order valence-corrected chi connectivity index (χ2v) is 4.15. The fraction of sp³-hybridized carbons (Fsp3) is 0.214. The van der Waals surface area contributed by atoms with Gasteiger partial charge in [0.15, 0.2) is 0 Å². The van der Waals surface area contributed by atoms with Crippen molar-refractivity contribution in [1.29, 1.82) is 0 Å². The van der Waals surface area contributed by atoms with Crippen molar-refractivity contribution in [3.63, 3.8) is 0 Å². The van der Waals surface area contributed by atoms with E-state index in [2.05, 4.69) is 4.98 Å². The maximum atomic E-state index is 13.5. The molecule has 0 saturated heterocycles. The fourth-order valence-electron chi connectivity index (χ4n) is 1.82. The molecule has 94 valence electrons. The van der Waals surface area contributed by atoms with E-state index in [-0.39, 0.29) is 5.56 Å². The van der Waals surface area contributed by atoms with Gasteiger partial charge in [-0.3, -0.25) is 4.98 Å². The molecule has 2 rings (SSSR count). The van der Waals surface area contributed by atoms with Gasteiger partial charge < -0.3 is 5.11 Å². The Morgan fingerprint density at radius 1 is 1.17 bits per heavy atom. The number of aliphatic hydroxyl groups is 1. The number of hydrogen-bond acceptors (Lipinski definition) is 2. The average molecular weight is 249 g/mol. The molecule has 0 aliphatic carbocycles. The molecule has 0 amide bonds. The smallest absolute Gasteiger partial charge is 0.129 e. The lowest BCUT2D eigenvalue weighted by molar-refractivity contribution is 0.145. The van der Waals surface area contributed by atoms with Crippen LogP contribution in [-0.2, 0) is 0 Å². The molecule has 0 spiro atoms. The summed E-state index contributed by atoms with van der Waals surface area (Å²) in [5, 5.41) is 10.1. The van der Waals surface area contributed by atoms with E-state index >= 15 is 0 Å². The van der Waals surface area contributed by atoms with Gasteiger partial charge >= 0.3 is 0 Å². The summed E-state index contributed by atoms with van der Waals surface area (Å²) < 4.78 is 26.6. The van der Waals surface area contributed by atoms with Crippen LogP contribution < -0.4 is 0 Å². The summed E-state index contributed by atoms with van der Waals surface area (Å²) in [6.07, 6.45) is 0.469. The molecular weight excluding hydrogens is 236 g/mol. The molecule has 0 bridgehead atoms. The number of rotatable bonds is 3. The minimum absolute atomic E-state index is 0.0480. The van der Waals surface area contributed by atoms with Gasteiger partial charge in [0.05, 0.1) is 6.10 Å². The van der Waals surface area contributed by atoms with Crippen LogP contribution in [0.2, 0.25) is 0 Å². The van der Waals surface area contributed by atoms with E-state index in [1.54, 1.807) is 31.3 Å². The van der Waals surface area contributed by atoms with Crippen LogP contribution >= 0.6 is 0 Å². The third-order valence-electron chi connectivity index (χ3n) is 2.90. The van der Waals surface area contributed by atoms with Gasteiger partial charge in [0, 0.05) is 23.4 Å². The molecule has 0 fully saturated rings. The van der Waals surface area contributed by atoms with Gasteiger partial charge in [-0.05, 0) is 30.3 Å². The van der Waals surface area contributed by atoms with Crippen LogP contribution in [0.5, 0.6) is 0 Å². The first-order chi connectivity index (χ1) is 8.59. The Hall–Kier alpha value is -1.81. The number of nitrogens with zero attached hydrogens (tertiary/aromatic N) is 1. The van der Waals surface area contributed by atoms with E-state index < -0.39 is 23.7 Å². The lowest BCUT2D eigenvalue weighted by Crippen LogP contribution is -2.11. The quantitative estimate of drug-likeness (QED) is 0.906. The molecule has 2 unspecified atom stereocenters. The number of aromatic nitrogens is 1. The third-order valence-corrected chi connectivity index (χ3v) is 2.90. The Labute approximate surface area is 104 Å². The molecule has 1 aromatic heterocycles. The molecule has 18 heavy (non-hydrogen) atoms. The molecule has 1 heterocycles. The molecule has 0 aliphatic heterocycles. The number of pyridine rings is 1. The summed E-state index contributed by atoms with van der Waals surface area (Å²) >= 11 is 0. The highest BCUT2D eigenvalue weighted by molar-refractivity contribution is 5.24. The summed E-state index contributed by atoms with van der Waals surface area (Å²) in [5.41, 5.74) is 0.585. The Kier molecular flexibility index (Phi) is 3.67. The highest BCUT2D eigenvalue weighted by Crippen LogP contribution is 2.30. The number of aliphatic hydroxyl groups excluding tert-OH is 1. The minimum Gasteiger partial charge on any atom is -0.388 e. The molecule has 1 N–H and O–H groups in total. The van der Waals surface area contributed by atoms with Crippen LogP contribution in [0, 0.1) is 11.6 Å². The first-order valence-electron chi connectivity index (χ1n) is 5.63. The van der Waals surface area contributed by atoms with Crippen molar-refractivity contribution in [2.24, 2.45) is 0 Å². The zero-order valence-electron chi connectivity index (χ0n) is 9.85. The second-order valence-electron chi connectivity index (χ2n) is 4.15. The van der Waals surface area contributed by atoms with Crippen LogP contribution in [0.25, 0.3) is 0 Å². The van der Waals surface area contributed by atoms with E-state index in [1.165, 1.54) is 0 Å². The van der Waals surface area contributed by atoms with Crippen LogP contribution in [0.4, 0.5) is 8.78 Å². The molecule has 2 nitrogen and oxygen atoms in total. The normalized spacial score (nSPS) is 14.2. The SMILES string of the molecule is CC(c1ccccn1)C(O)c1cc(F)ccc1F. The van der Waals surface area contributed by atoms with Crippen LogP contribution in [0.1, 0.15) is 30.2 Å². The molecule has 2 aromatic rings. The molecule has 2 atom stereocenters. The second kappa shape index (κ2) is 5.23. The summed E-state index contributed by atoms with van der Waals surface area (Å²) in [6, 6.07) is 8.33. The fourth-order valence-corrected chi connectivity index (χ4v) is 1.82. The van der Waals surface area contributed by atoms with Crippen LogP contribution in [0.15, 0.2) is 42.6 Å². The zero-order valence-corrected chi connectivity index (χ0v) is 9.85. The van der Waals surface area contributed by atoms with Crippen molar-refractivity contribution < 1.29 is 13.9 Å². The van der Waals surface area contributed by atoms with E-state index in [0.29, 0.717) is 5.69 Å².